The lowest BCUT2D eigenvalue weighted by Gasteiger charge is -2.10. The molecular weight excluding hydrogens is 184 g/mol. The van der Waals surface area contributed by atoms with Gasteiger partial charge in [0.05, 0.1) is 6.54 Å². The highest BCUT2D eigenvalue weighted by Crippen LogP contribution is 2.18. The first-order valence-electron chi connectivity index (χ1n) is 4.73. The molecule has 0 saturated heterocycles. The van der Waals surface area contributed by atoms with Crippen molar-refractivity contribution in [3.05, 3.63) is 0 Å². The molecule has 80 valence electrons. The first-order chi connectivity index (χ1) is 6.63. The topological polar surface area (TPSA) is 67.4 Å². The first kappa shape index (κ1) is 11.0. The highest BCUT2D eigenvalue weighted by Gasteiger charge is 2.23. The van der Waals surface area contributed by atoms with E-state index in [1.165, 1.54) is 7.11 Å². The minimum Gasteiger partial charge on any atom is -0.372 e. The number of carbonyl (C=O) groups excluding carboxylic acids is 2. The van der Waals surface area contributed by atoms with E-state index in [1.807, 2.05) is 0 Å². The highest BCUT2D eigenvalue weighted by atomic mass is 16.5. The molecule has 5 heteroatoms. The zero-order valence-corrected chi connectivity index (χ0v) is 8.50. The van der Waals surface area contributed by atoms with Gasteiger partial charge in [-0.2, -0.15) is 0 Å². The van der Waals surface area contributed by atoms with E-state index in [0.29, 0.717) is 6.04 Å². The van der Waals surface area contributed by atoms with Gasteiger partial charge in [0.15, 0.2) is 0 Å². The van der Waals surface area contributed by atoms with Gasteiger partial charge in [-0.1, -0.05) is 0 Å². The second-order valence-corrected chi connectivity index (χ2v) is 3.44. The lowest BCUT2D eigenvalue weighted by molar-refractivity contribution is -0.132. The fourth-order valence-corrected chi connectivity index (χ4v) is 0.925. The summed E-state index contributed by atoms with van der Waals surface area (Å²) in [4.78, 5) is 22.3. The standard InChI is InChI=1S/C9H16N2O3/c1-6(14-2)9(13)10-5-8(12)11-7-3-4-7/h6-7H,3-5H2,1-2H3,(H,10,13)(H,11,12). The summed E-state index contributed by atoms with van der Waals surface area (Å²) in [5.74, 6) is -0.400. The second-order valence-electron chi connectivity index (χ2n) is 3.44. The average molecular weight is 200 g/mol. The summed E-state index contributed by atoms with van der Waals surface area (Å²) in [7, 11) is 1.45. The van der Waals surface area contributed by atoms with Gasteiger partial charge in [0.1, 0.15) is 6.10 Å². The molecule has 0 spiro atoms. The molecule has 1 atom stereocenters. The Morgan fingerprint density at radius 3 is 2.64 bits per heavy atom. The fraction of sp³-hybridized carbons (Fsp3) is 0.778. The van der Waals surface area contributed by atoms with Crippen molar-refractivity contribution in [2.75, 3.05) is 13.7 Å². The average Bonchev–Trinajstić information content (AvgIpc) is 2.96. The van der Waals surface area contributed by atoms with E-state index in [0.717, 1.165) is 12.8 Å². The number of nitrogens with one attached hydrogen (secondary N) is 2. The predicted molar refractivity (Wildman–Crippen MR) is 50.6 cm³/mol. The highest BCUT2D eigenvalue weighted by molar-refractivity contribution is 5.86. The monoisotopic (exact) mass is 200 g/mol. The maximum Gasteiger partial charge on any atom is 0.249 e. The number of carbonyl (C=O) groups is 2. The molecule has 0 bridgehead atoms. The quantitative estimate of drug-likeness (QED) is 0.623. The van der Waals surface area contributed by atoms with Crippen LogP contribution in [0.5, 0.6) is 0 Å². The van der Waals surface area contributed by atoms with Gasteiger partial charge >= 0.3 is 0 Å². The predicted octanol–water partition coefficient (Wildman–Crippen LogP) is -0.584. The Bertz CT molecular complexity index is 226. The third kappa shape index (κ3) is 3.74. The van der Waals surface area contributed by atoms with Crippen LogP contribution in [0.1, 0.15) is 19.8 Å². The molecular formula is C9H16N2O3. The Labute approximate surface area is 83.2 Å². The molecule has 14 heavy (non-hydrogen) atoms. The van der Waals surface area contributed by atoms with Crippen molar-refractivity contribution in [2.24, 2.45) is 0 Å². The Morgan fingerprint density at radius 2 is 2.14 bits per heavy atom. The molecule has 0 heterocycles. The largest absolute Gasteiger partial charge is 0.372 e. The summed E-state index contributed by atoms with van der Waals surface area (Å²) in [5, 5.41) is 5.26. The lowest BCUT2D eigenvalue weighted by Crippen LogP contribution is -2.41. The van der Waals surface area contributed by atoms with E-state index < -0.39 is 6.10 Å². The minimum atomic E-state index is -0.510. The molecule has 0 aromatic rings. The van der Waals surface area contributed by atoms with Gasteiger partial charge in [0, 0.05) is 13.2 Å². The maximum atomic E-state index is 11.2. The van der Waals surface area contributed by atoms with Crippen LogP contribution in [0.3, 0.4) is 0 Å². The van der Waals surface area contributed by atoms with Gasteiger partial charge in [0.25, 0.3) is 0 Å². The molecule has 0 radical (unpaired) electrons. The molecule has 1 aliphatic carbocycles. The van der Waals surface area contributed by atoms with Crippen LogP contribution >= 0.6 is 0 Å². The molecule has 1 rings (SSSR count). The molecule has 0 aromatic heterocycles. The van der Waals surface area contributed by atoms with Crippen molar-refractivity contribution in [3.8, 4) is 0 Å². The van der Waals surface area contributed by atoms with Gasteiger partial charge in [-0.15, -0.1) is 0 Å². The summed E-state index contributed by atoms with van der Waals surface area (Å²) in [6, 6.07) is 0.333. The van der Waals surface area contributed by atoms with Crippen molar-refractivity contribution < 1.29 is 14.3 Å². The van der Waals surface area contributed by atoms with Crippen LogP contribution in [-0.4, -0.2) is 37.6 Å². The van der Waals surface area contributed by atoms with Gasteiger partial charge in [-0.25, -0.2) is 0 Å². The molecule has 5 nitrogen and oxygen atoms in total. The number of amides is 2. The second kappa shape index (κ2) is 4.95. The first-order valence-corrected chi connectivity index (χ1v) is 4.73. The normalized spacial score (nSPS) is 17.3. The van der Waals surface area contributed by atoms with Crippen LogP contribution in [0.15, 0.2) is 0 Å². The molecule has 0 aromatic carbocycles. The molecule has 0 aliphatic heterocycles. The third-order valence-electron chi connectivity index (χ3n) is 2.09. The van der Waals surface area contributed by atoms with Crippen LogP contribution in [-0.2, 0) is 14.3 Å². The number of ether oxygens (including phenoxy) is 1. The summed E-state index contributed by atoms with van der Waals surface area (Å²) in [6.07, 6.45) is 1.59. The zero-order valence-electron chi connectivity index (χ0n) is 8.50. The van der Waals surface area contributed by atoms with E-state index in [9.17, 15) is 9.59 Å². The smallest absolute Gasteiger partial charge is 0.249 e. The molecule has 1 fully saturated rings. The summed E-state index contributed by atoms with van der Waals surface area (Å²) in [6.45, 7) is 1.66. The zero-order chi connectivity index (χ0) is 10.6. The molecule has 2 N–H and O–H groups in total. The summed E-state index contributed by atoms with van der Waals surface area (Å²) < 4.78 is 4.79. The van der Waals surface area contributed by atoms with Crippen LogP contribution < -0.4 is 10.6 Å². The van der Waals surface area contributed by atoms with Crippen LogP contribution in [0, 0.1) is 0 Å². The number of rotatable bonds is 5. The Hall–Kier alpha value is -1.10. The van der Waals surface area contributed by atoms with Crippen LogP contribution in [0.25, 0.3) is 0 Å². The van der Waals surface area contributed by atoms with E-state index in [4.69, 9.17) is 4.74 Å². The molecule has 1 saturated carbocycles. The van der Waals surface area contributed by atoms with Gasteiger partial charge in [0.2, 0.25) is 11.8 Å². The number of methoxy groups -OCH3 is 1. The van der Waals surface area contributed by atoms with Gasteiger partial charge in [-0.3, -0.25) is 9.59 Å². The SMILES string of the molecule is COC(C)C(=O)NCC(=O)NC1CC1. The van der Waals surface area contributed by atoms with E-state index in [1.54, 1.807) is 6.92 Å². The Morgan fingerprint density at radius 1 is 1.50 bits per heavy atom. The fourth-order valence-electron chi connectivity index (χ4n) is 0.925. The van der Waals surface area contributed by atoms with Gasteiger partial charge < -0.3 is 15.4 Å². The molecule has 2 amide bonds. The van der Waals surface area contributed by atoms with E-state index in [-0.39, 0.29) is 18.4 Å². The van der Waals surface area contributed by atoms with Crippen molar-refractivity contribution in [2.45, 2.75) is 31.9 Å². The van der Waals surface area contributed by atoms with Crippen LogP contribution in [0.4, 0.5) is 0 Å². The number of hydrogen-bond donors (Lipinski definition) is 2. The van der Waals surface area contributed by atoms with Crippen molar-refractivity contribution in [1.29, 1.82) is 0 Å². The molecule has 1 unspecified atom stereocenters. The summed E-state index contributed by atoms with van der Waals surface area (Å²) in [5.41, 5.74) is 0. The molecule has 1 aliphatic rings. The minimum absolute atomic E-state index is 0.0308. The summed E-state index contributed by atoms with van der Waals surface area (Å²) >= 11 is 0. The van der Waals surface area contributed by atoms with E-state index in [2.05, 4.69) is 10.6 Å². The maximum absolute atomic E-state index is 11.2. The van der Waals surface area contributed by atoms with Crippen molar-refractivity contribution in [3.63, 3.8) is 0 Å². The van der Waals surface area contributed by atoms with Crippen LogP contribution in [0.2, 0.25) is 0 Å². The number of hydrogen-bond acceptors (Lipinski definition) is 3. The lowest BCUT2D eigenvalue weighted by atomic mass is 10.4. The van der Waals surface area contributed by atoms with Gasteiger partial charge in [-0.05, 0) is 19.8 Å². The third-order valence-corrected chi connectivity index (χ3v) is 2.09. The Kier molecular flexibility index (Phi) is 3.88. The van der Waals surface area contributed by atoms with E-state index >= 15 is 0 Å². The Balaban J connectivity index is 2.11. The van der Waals surface area contributed by atoms with Crippen molar-refractivity contribution >= 4 is 11.8 Å². The van der Waals surface area contributed by atoms with Crippen molar-refractivity contribution in [1.82, 2.24) is 10.6 Å².